The predicted octanol–water partition coefficient (Wildman–Crippen LogP) is 3.12. The lowest BCUT2D eigenvalue weighted by atomic mass is 9.52. The molecule has 0 radical (unpaired) electrons. The van der Waals surface area contributed by atoms with E-state index in [9.17, 15) is 4.79 Å². The van der Waals surface area contributed by atoms with Gasteiger partial charge in [0.1, 0.15) is 11.5 Å². The third-order valence-electron chi connectivity index (χ3n) is 6.36. The molecule has 1 saturated heterocycles. The number of hydrogen-bond acceptors (Lipinski definition) is 3. The summed E-state index contributed by atoms with van der Waals surface area (Å²) < 4.78 is 5.72. The molecular formula is C20H25NO2. The summed E-state index contributed by atoms with van der Waals surface area (Å²) in [6, 6.07) is 6.93. The number of ketones is 1. The molecule has 23 heavy (non-hydrogen) atoms. The van der Waals surface area contributed by atoms with Crippen molar-refractivity contribution < 1.29 is 9.53 Å². The molecule has 0 spiro atoms. The van der Waals surface area contributed by atoms with Crippen LogP contribution in [0, 0.1) is 5.92 Å². The fraction of sp³-hybridized carbons (Fsp3) is 0.550. The molecule has 3 aliphatic rings. The second kappa shape index (κ2) is 5.48. The summed E-state index contributed by atoms with van der Waals surface area (Å²) >= 11 is 0. The number of carbonyl (C=O) groups excluding carboxylic acids is 1. The van der Waals surface area contributed by atoms with Gasteiger partial charge in [-0.2, -0.15) is 0 Å². The maximum absolute atomic E-state index is 12.4. The molecule has 4 rings (SSSR count). The summed E-state index contributed by atoms with van der Waals surface area (Å²) in [6.45, 7) is 5.93. The van der Waals surface area contributed by atoms with Crippen molar-refractivity contribution >= 4 is 5.78 Å². The molecule has 1 aromatic rings. The Morgan fingerprint density at radius 3 is 3.13 bits per heavy atom. The normalized spacial score (nSPS) is 32.8. The van der Waals surface area contributed by atoms with Gasteiger partial charge in [0.05, 0.1) is 7.11 Å². The van der Waals surface area contributed by atoms with E-state index < -0.39 is 0 Å². The molecule has 1 aromatic carbocycles. The van der Waals surface area contributed by atoms with Crippen LogP contribution in [-0.4, -0.2) is 36.9 Å². The fourth-order valence-corrected chi connectivity index (χ4v) is 5.53. The van der Waals surface area contributed by atoms with Gasteiger partial charge in [-0.05, 0) is 43.4 Å². The van der Waals surface area contributed by atoms with E-state index in [1.54, 1.807) is 7.11 Å². The third-order valence-corrected chi connectivity index (χ3v) is 6.36. The highest BCUT2D eigenvalue weighted by Gasteiger charge is 2.56. The molecule has 1 heterocycles. The smallest absolute Gasteiger partial charge is 0.133 e. The zero-order valence-corrected chi connectivity index (χ0v) is 13.9. The van der Waals surface area contributed by atoms with E-state index in [0.29, 0.717) is 24.2 Å². The van der Waals surface area contributed by atoms with Gasteiger partial charge in [0, 0.05) is 36.4 Å². The number of methoxy groups -OCH3 is 1. The topological polar surface area (TPSA) is 29.5 Å². The summed E-state index contributed by atoms with van der Waals surface area (Å²) in [5.41, 5.74) is 2.72. The molecule has 3 unspecified atom stereocenters. The van der Waals surface area contributed by atoms with Gasteiger partial charge >= 0.3 is 0 Å². The molecule has 2 fully saturated rings. The van der Waals surface area contributed by atoms with Crippen LogP contribution in [0.25, 0.3) is 0 Å². The van der Waals surface area contributed by atoms with E-state index in [4.69, 9.17) is 4.74 Å². The average molecular weight is 311 g/mol. The Morgan fingerprint density at radius 2 is 2.35 bits per heavy atom. The standard InChI is InChI=1S/C20H25NO2/c1-3-10-21-11-9-20-13-15(22)7-8-16(20)17(21)12-14-5-4-6-18(23-2)19(14)20/h3-6,16-17H,1,7-13H2,2H3. The van der Waals surface area contributed by atoms with Crippen molar-refractivity contribution in [3.63, 3.8) is 0 Å². The molecule has 3 nitrogen and oxygen atoms in total. The largest absolute Gasteiger partial charge is 0.496 e. The van der Waals surface area contributed by atoms with Crippen molar-refractivity contribution in [1.82, 2.24) is 4.90 Å². The van der Waals surface area contributed by atoms with Crippen molar-refractivity contribution in [2.45, 2.75) is 43.6 Å². The van der Waals surface area contributed by atoms with Crippen LogP contribution in [0.2, 0.25) is 0 Å². The molecule has 2 aliphatic carbocycles. The zero-order chi connectivity index (χ0) is 16.0. The minimum atomic E-state index is -0.00213. The second-order valence-corrected chi connectivity index (χ2v) is 7.32. The zero-order valence-electron chi connectivity index (χ0n) is 13.9. The van der Waals surface area contributed by atoms with E-state index >= 15 is 0 Å². The van der Waals surface area contributed by atoms with Gasteiger partial charge in [0.25, 0.3) is 0 Å². The lowest BCUT2D eigenvalue weighted by Crippen LogP contribution is -2.61. The van der Waals surface area contributed by atoms with Crippen LogP contribution in [0.3, 0.4) is 0 Å². The highest BCUT2D eigenvalue weighted by molar-refractivity contribution is 5.82. The van der Waals surface area contributed by atoms with E-state index in [0.717, 1.165) is 44.5 Å². The Morgan fingerprint density at radius 1 is 1.48 bits per heavy atom. The monoisotopic (exact) mass is 311 g/mol. The first-order valence-corrected chi connectivity index (χ1v) is 8.72. The molecule has 2 bridgehead atoms. The SMILES string of the molecule is C=CCN1CCC23CC(=O)CCC2C1Cc1cccc(OC)c13. The summed E-state index contributed by atoms with van der Waals surface area (Å²) in [6.07, 6.45) is 6.61. The van der Waals surface area contributed by atoms with E-state index in [-0.39, 0.29) is 5.41 Å². The van der Waals surface area contributed by atoms with Gasteiger partial charge in [0.2, 0.25) is 0 Å². The molecule has 0 aromatic heterocycles. The molecule has 1 saturated carbocycles. The quantitative estimate of drug-likeness (QED) is 0.803. The number of nitrogens with zero attached hydrogens (tertiary/aromatic N) is 1. The first-order chi connectivity index (χ1) is 11.2. The predicted molar refractivity (Wildman–Crippen MR) is 90.9 cm³/mol. The van der Waals surface area contributed by atoms with Gasteiger partial charge in [-0.15, -0.1) is 6.58 Å². The first-order valence-electron chi connectivity index (χ1n) is 8.72. The fourth-order valence-electron chi connectivity index (χ4n) is 5.53. The maximum atomic E-state index is 12.4. The Hall–Kier alpha value is -1.61. The molecule has 0 N–H and O–H groups in total. The minimum Gasteiger partial charge on any atom is -0.496 e. The number of hydrogen-bond donors (Lipinski definition) is 0. The number of carbonyl (C=O) groups is 1. The van der Waals surface area contributed by atoms with Gasteiger partial charge in [-0.25, -0.2) is 0 Å². The van der Waals surface area contributed by atoms with Crippen LogP contribution >= 0.6 is 0 Å². The highest BCUT2D eigenvalue weighted by atomic mass is 16.5. The number of fused-ring (bicyclic) bond motifs is 1. The van der Waals surface area contributed by atoms with Gasteiger partial charge in [-0.3, -0.25) is 9.69 Å². The number of likely N-dealkylation sites (tertiary alicyclic amines) is 1. The van der Waals surface area contributed by atoms with Crippen LogP contribution < -0.4 is 4.74 Å². The third kappa shape index (κ3) is 2.09. The summed E-state index contributed by atoms with van der Waals surface area (Å²) in [4.78, 5) is 14.9. The summed E-state index contributed by atoms with van der Waals surface area (Å²) in [5, 5.41) is 0. The van der Waals surface area contributed by atoms with Crippen molar-refractivity contribution in [1.29, 1.82) is 0 Å². The molecule has 1 aliphatic heterocycles. The lowest BCUT2D eigenvalue weighted by molar-refractivity contribution is -0.127. The molecule has 122 valence electrons. The number of piperidine rings is 1. The Labute approximate surface area is 138 Å². The van der Waals surface area contributed by atoms with Crippen LogP contribution in [0.5, 0.6) is 5.75 Å². The molecule has 3 heteroatoms. The average Bonchev–Trinajstić information content (AvgIpc) is 2.56. The van der Waals surface area contributed by atoms with Crippen molar-refractivity contribution in [3.8, 4) is 5.75 Å². The van der Waals surface area contributed by atoms with E-state index in [2.05, 4.69) is 29.7 Å². The molecule has 0 amide bonds. The van der Waals surface area contributed by atoms with Crippen LogP contribution in [0.1, 0.15) is 36.8 Å². The Balaban J connectivity index is 1.88. The number of rotatable bonds is 3. The molecule has 3 atom stereocenters. The van der Waals surface area contributed by atoms with E-state index in [1.165, 1.54) is 11.1 Å². The second-order valence-electron chi connectivity index (χ2n) is 7.32. The number of ether oxygens (including phenoxy) is 1. The summed E-state index contributed by atoms with van der Waals surface area (Å²) in [7, 11) is 1.75. The minimum absolute atomic E-state index is 0.00213. The number of benzene rings is 1. The maximum Gasteiger partial charge on any atom is 0.133 e. The van der Waals surface area contributed by atoms with Gasteiger partial charge in [0.15, 0.2) is 0 Å². The highest BCUT2D eigenvalue weighted by Crippen LogP contribution is 2.57. The van der Waals surface area contributed by atoms with Crippen molar-refractivity contribution in [2.75, 3.05) is 20.2 Å². The number of Topliss-reactive ketones (excluding diaryl/α,β-unsaturated/α-hetero) is 1. The van der Waals surface area contributed by atoms with Crippen molar-refractivity contribution in [3.05, 3.63) is 42.0 Å². The van der Waals surface area contributed by atoms with Crippen LogP contribution in [0.15, 0.2) is 30.9 Å². The van der Waals surface area contributed by atoms with Crippen LogP contribution in [-0.2, 0) is 16.6 Å². The summed E-state index contributed by atoms with van der Waals surface area (Å²) in [5.74, 6) is 1.98. The van der Waals surface area contributed by atoms with Crippen LogP contribution in [0.4, 0.5) is 0 Å². The van der Waals surface area contributed by atoms with Gasteiger partial charge < -0.3 is 4.74 Å². The van der Waals surface area contributed by atoms with Gasteiger partial charge in [-0.1, -0.05) is 18.2 Å². The lowest BCUT2D eigenvalue weighted by Gasteiger charge is -2.58. The Kier molecular flexibility index (Phi) is 3.56. The van der Waals surface area contributed by atoms with E-state index in [1.807, 2.05) is 6.08 Å². The molecular weight excluding hydrogens is 286 g/mol. The first kappa shape index (κ1) is 14.9. The van der Waals surface area contributed by atoms with Crippen molar-refractivity contribution in [2.24, 2.45) is 5.92 Å². The Bertz CT molecular complexity index is 653.